The Balaban J connectivity index is 1.80. The van der Waals surface area contributed by atoms with Crippen LogP contribution in [-0.2, 0) is 16.0 Å². The van der Waals surface area contributed by atoms with E-state index in [4.69, 9.17) is 4.74 Å². The number of H-pyrrole nitrogens is 1. The molecular weight excluding hydrogens is 336 g/mol. The molecule has 1 aromatic carbocycles. The Morgan fingerprint density at radius 2 is 2.08 bits per heavy atom. The lowest BCUT2D eigenvalue weighted by Gasteiger charge is -2.19. The van der Waals surface area contributed by atoms with Crippen molar-refractivity contribution in [2.75, 3.05) is 12.4 Å². The van der Waals surface area contributed by atoms with Gasteiger partial charge in [-0.25, -0.2) is 9.89 Å². The number of anilines is 1. The molecule has 0 fully saturated rings. The fraction of sp³-hybridized carbons (Fsp3) is 0.222. The number of hydrogen-bond donors (Lipinski definition) is 2. The molecule has 3 aliphatic rings. The van der Waals surface area contributed by atoms with Gasteiger partial charge in [0.05, 0.1) is 12.7 Å². The number of aromatic amines is 1. The zero-order chi connectivity index (χ0) is 18.3. The molecule has 1 atom stereocenters. The Morgan fingerprint density at radius 1 is 1.27 bits per heavy atom. The fourth-order valence-corrected chi connectivity index (χ4v) is 3.28. The number of amides is 1. The summed E-state index contributed by atoms with van der Waals surface area (Å²) < 4.78 is 6.38. The van der Waals surface area contributed by atoms with Crippen molar-refractivity contribution >= 4 is 17.6 Å². The lowest BCUT2D eigenvalue weighted by Crippen LogP contribution is -2.26. The van der Waals surface area contributed by atoms with Gasteiger partial charge in [-0.3, -0.25) is 9.59 Å². The smallest absolute Gasteiger partial charge is 0.341 e. The highest BCUT2D eigenvalue weighted by Gasteiger charge is 2.28. The Hall–Kier alpha value is -3.42. The molecule has 0 aromatic heterocycles. The maximum absolute atomic E-state index is 12.7. The maximum Gasteiger partial charge on any atom is 0.341 e. The van der Waals surface area contributed by atoms with E-state index in [9.17, 15) is 14.4 Å². The second-order valence-electron chi connectivity index (χ2n) is 6.13. The van der Waals surface area contributed by atoms with Gasteiger partial charge >= 0.3 is 5.97 Å². The number of fused-ring (bicyclic) bond motifs is 2. The summed E-state index contributed by atoms with van der Waals surface area (Å²) in [6, 6.07) is 7.05. The van der Waals surface area contributed by atoms with E-state index in [1.54, 1.807) is 10.8 Å². The van der Waals surface area contributed by atoms with Crippen molar-refractivity contribution in [3.05, 3.63) is 58.1 Å². The number of ether oxygens (including phenoxy) is 1. The summed E-state index contributed by atoms with van der Waals surface area (Å²) in [6.45, 7) is 0. The van der Waals surface area contributed by atoms with Gasteiger partial charge in [0.2, 0.25) is 5.91 Å². The number of rotatable bonds is 2. The van der Waals surface area contributed by atoms with Crippen molar-refractivity contribution in [1.29, 1.82) is 0 Å². The van der Waals surface area contributed by atoms with Crippen LogP contribution >= 0.6 is 0 Å². The molecule has 132 valence electrons. The molecule has 8 nitrogen and oxygen atoms in total. The summed E-state index contributed by atoms with van der Waals surface area (Å²) in [5, 5.41) is 9.14. The lowest BCUT2D eigenvalue weighted by molar-refractivity contribution is -0.119. The summed E-state index contributed by atoms with van der Waals surface area (Å²) in [6.07, 6.45) is 4.28. The van der Waals surface area contributed by atoms with Crippen LogP contribution in [0.25, 0.3) is 11.3 Å². The van der Waals surface area contributed by atoms with Crippen LogP contribution in [-0.4, -0.2) is 33.8 Å². The number of methoxy groups -OCH3 is 1. The summed E-state index contributed by atoms with van der Waals surface area (Å²) in [5.41, 5.74) is 2.02. The van der Waals surface area contributed by atoms with E-state index in [1.165, 1.54) is 13.3 Å². The Kier molecular flexibility index (Phi) is 3.80. The number of para-hydroxylation sites is 1. The number of pyridine rings is 1. The van der Waals surface area contributed by atoms with Gasteiger partial charge in [0, 0.05) is 18.1 Å². The van der Waals surface area contributed by atoms with Crippen LogP contribution < -0.4 is 10.9 Å². The molecule has 2 N–H and O–H groups in total. The van der Waals surface area contributed by atoms with Gasteiger partial charge in [-0.1, -0.05) is 18.2 Å². The second-order valence-corrected chi connectivity index (χ2v) is 6.13. The molecule has 0 aliphatic carbocycles. The maximum atomic E-state index is 12.7. The van der Waals surface area contributed by atoms with Gasteiger partial charge in [-0.2, -0.15) is 5.10 Å². The normalized spacial score (nSPS) is 16.7. The van der Waals surface area contributed by atoms with Crippen LogP contribution in [0.1, 0.15) is 28.4 Å². The number of nitrogens with one attached hydrogen (secondary N) is 2. The first-order chi connectivity index (χ1) is 12.6. The number of carbonyl (C=O) groups excluding carboxylic acids is 2. The van der Waals surface area contributed by atoms with Crippen LogP contribution in [0.3, 0.4) is 0 Å². The van der Waals surface area contributed by atoms with E-state index in [0.29, 0.717) is 12.8 Å². The van der Waals surface area contributed by atoms with Gasteiger partial charge in [0.25, 0.3) is 5.56 Å². The molecule has 0 radical (unpaired) electrons. The highest BCUT2D eigenvalue weighted by Crippen LogP contribution is 2.29. The van der Waals surface area contributed by atoms with Gasteiger partial charge in [-0.15, -0.1) is 0 Å². The van der Waals surface area contributed by atoms with Crippen molar-refractivity contribution in [2.24, 2.45) is 0 Å². The number of aryl methyl sites for hydroxylation is 1. The first kappa shape index (κ1) is 16.1. The Labute approximate surface area is 148 Å². The van der Waals surface area contributed by atoms with E-state index in [2.05, 4.69) is 15.5 Å². The zero-order valence-electron chi connectivity index (χ0n) is 14.0. The fourth-order valence-electron chi connectivity index (χ4n) is 3.28. The van der Waals surface area contributed by atoms with Crippen LogP contribution in [0.4, 0.5) is 5.69 Å². The minimum atomic E-state index is -0.617. The van der Waals surface area contributed by atoms with Crippen molar-refractivity contribution in [3.8, 4) is 11.3 Å². The zero-order valence-corrected chi connectivity index (χ0v) is 14.0. The quantitative estimate of drug-likeness (QED) is 0.681. The van der Waals surface area contributed by atoms with E-state index < -0.39 is 17.6 Å². The highest BCUT2D eigenvalue weighted by atomic mass is 16.5. The van der Waals surface area contributed by atoms with Crippen LogP contribution in [0.5, 0.6) is 0 Å². The number of esters is 1. The molecular formula is C18H16N4O4. The number of nitrogens with zero attached hydrogens (tertiary/aromatic N) is 2. The minimum absolute atomic E-state index is 0.137. The average Bonchev–Trinajstić information content (AvgIpc) is 2.93. The first-order valence-electron chi connectivity index (χ1n) is 8.15. The van der Waals surface area contributed by atoms with Crippen molar-refractivity contribution in [3.63, 3.8) is 0 Å². The van der Waals surface area contributed by atoms with Gasteiger partial charge in [0.15, 0.2) is 0 Å². The lowest BCUT2D eigenvalue weighted by atomic mass is 10.0. The summed E-state index contributed by atoms with van der Waals surface area (Å²) in [5.74, 6) is -0.820. The Morgan fingerprint density at radius 3 is 2.88 bits per heavy atom. The largest absolute Gasteiger partial charge is 0.465 e. The van der Waals surface area contributed by atoms with Crippen molar-refractivity contribution < 1.29 is 14.3 Å². The molecule has 4 rings (SSSR count). The summed E-state index contributed by atoms with van der Waals surface area (Å²) in [7, 11) is 1.26. The molecule has 0 spiro atoms. The molecule has 1 amide bonds. The predicted molar refractivity (Wildman–Crippen MR) is 93.2 cm³/mol. The van der Waals surface area contributed by atoms with Gasteiger partial charge in [-0.05, 0) is 24.5 Å². The highest BCUT2D eigenvalue weighted by molar-refractivity contribution is 5.97. The number of hydrogen-bond acceptors (Lipinski definition) is 5. The summed E-state index contributed by atoms with van der Waals surface area (Å²) in [4.78, 5) is 36.9. The monoisotopic (exact) mass is 352 g/mol. The predicted octanol–water partition coefficient (Wildman–Crippen LogP) is 1.59. The third-order valence-corrected chi connectivity index (χ3v) is 4.61. The first-order valence-corrected chi connectivity index (χ1v) is 8.15. The second kappa shape index (κ2) is 6.14. The third-order valence-electron chi connectivity index (χ3n) is 4.61. The van der Waals surface area contributed by atoms with Crippen molar-refractivity contribution in [2.45, 2.75) is 18.9 Å². The molecule has 1 aromatic rings. The van der Waals surface area contributed by atoms with Crippen molar-refractivity contribution in [1.82, 2.24) is 14.8 Å². The number of benzene rings is 1. The molecule has 26 heavy (non-hydrogen) atoms. The molecule has 1 unspecified atom stereocenters. The van der Waals surface area contributed by atoms with Gasteiger partial charge in [0.1, 0.15) is 17.3 Å². The Bertz CT molecular complexity index is 1040. The average molecular weight is 352 g/mol. The van der Waals surface area contributed by atoms with Gasteiger partial charge < -0.3 is 14.6 Å². The summed E-state index contributed by atoms with van der Waals surface area (Å²) >= 11 is 0. The van der Waals surface area contributed by atoms with Crippen LogP contribution in [0.15, 0.2) is 41.5 Å². The topological polar surface area (TPSA) is 106 Å². The number of aromatic nitrogens is 3. The van der Waals surface area contributed by atoms with E-state index in [1.807, 2.05) is 24.3 Å². The van der Waals surface area contributed by atoms with E-state index >= 15 is 0 Å². The van der Waals surface area contributed by atoms with E-state index in [0.717, 1.165) is 11.3 Å². The third kappa shape index (κ3) is 2.55. The standard InChI is InChI=1S/C18H16N4O4/c1-26-18(25)12-9-22(8-11-15(12)20-21-16(11)23)14-7-6-10-4-2-3-5-13(10)19-17(14)24/h2-5,8-9,14H,6-7H2,1H3,(H,19,24)(H,21,23). The van der Waals surface area contributed by atoms with Crippen LogP contribution in [0, 0.1) is 0 Å². The van der Waals surface area contributed by atoms with E-state index in [-0.39, 0.29) is 22.7 Å². The number of carbonyl (C=O) groups is 2. The SMILES string of the molecule is COC(=O)c1cn(C2CCc3ccccc3NC2=O)cc2c(=O)[nH]nc1-2. The minimum Gasteiger partial charge on any atom is -0.465 e. The van der Waals surface area contributed by atoms with Crippen LogP contribution in [0.2, 0.25) is 0 Å². The molecule has 3 aliphatic heterocycles. The molecule has 0 saturated carbocycles. The molecule has 0 bridgehead atoms. The molecule has 8 heteroatoms. The molecule has 0 saturated heterocycles. The molecule has 3 heterocycles.